The molecule has 8 heteroatoms. The van der Waals surface area contributed by atoms with Gasteiger partial charge in [0.2, 0.25) is 0 Å². The van der Waals surface area contributed by atoms with Crippen molar-refractivity contribution in [1.82, 2.24) is 0 Å². The predicted octanol–water partition coefficient (Wildman–Crippen LogP) is -6.74. The van der Waals surface area contributed by atoms with Gasteiger partial charge in [0.15, 0.2) is 0 Å². The van der Waals surface area contributed by atoms with Crippen molar-refractivity contribution in [3.05, 3.63) is 0 Å². The molecule has 38 valence electrons. The molecular formula is Na2O3S3. The molecule has 0 rings (SSSR count). The summed E-state index contributed by atoms with van der Waals surface area (Å²) in [6.07, 6.45) is 0. The summed E-state index contributed by atoms with van der Waals surface area (Å²) in [4.78, 5) is 0. The van der Waals surface area contributed by atoms with Crippen molar-refractivity contribution in [3.8, 4) is 0 Å². The second kappa shape index (κ2) is 7.74. The molecule has 0 spiro atoms. The van der Waals surface area contributed by atoms with Crippen LogP contribution in [-0.2, 0) is 36.8 Å². The zero-order valence-electron chi connectivity index (χ0n) is 4.45. The van der Waals surface area contributed by atoms with Crippen molar-refractivity contribution >= 4 is 33.2 Å². The molecule has 0 amide bonds. The molecule has 0 saturated heterocycles. The van der Waals surface area contributed by atoms with Crippen LogP contribution in [0, 0.1) is 0 Å². The van der Waals surface area contributed by atoms with Crippen LogP contribution in [0.15, 0.2) is 0 Å². The van der Waals surface area contributed by atoms with Crippen molar-refractivity contribution in [2.45, 2.75) is 0 Å². The van der Waals surface area contributed by atoms with E-state index < -0.39 is 9.05 Å². The van der Waals surface area contributed by atoms with Gasteiger partial charge in [0, 0.05) is 0 Å². The molecule has 1 atom stereocenters. The van der Waals surface area contributed by atoms with Gasteiger partial charge in [0.25, 0.3) is 0 Å². The van der Waals surface area contributed by atoms with Crippen LogP contribution >= 0.6 is 0 Å². The Labute approximate surface area is 103 Å². The monoisotopic (exact) mass is 190 g/mol. The molecular weight excluding hydrogens is 190 g/mol. The molecule has 0 aromatic heterocycles. The summed E-state index contributed by atoms with van der Waals surface area (Å²) < 4.78 is 22.3. The summed E-state index contributed by atoms with van der Waals surface area (Å²) in [6.45, 7) is 0. The fourth-order valence-electron chi connectivity index (χ4n) is 0. The average molecular weight is 190 g/mol. The number of hydrogen-bond acceptors (Lipinski definition) is 5. The van der Waals surface area contributed by atoms with E-state index in [0.29, 0.717) is 0 Å². The fourth-order valence-corrected chi connectivity index (χ4v) is 0. The number of hydrogen-bond donors (Lipinski definition) is 0. The fraction of sp³-hybridized carbons (Fsp3) is 0. The van der Waals surface area contributed by atoms with Crippen molar-refractivity contribution in [2.24, 2.45) is 0 Å². The zero-order chi connectivity index (χ0) is 5.21. The Morgan fingerprint density at radius 1 is 1.62 bits per heavy atom. The first-order chi connectivity index (χ1) is 2.56. The van der Waals surface area contributed by atoms with Crippen LogP contribution < -0.4 is 59.1 Å². The molecule has 0 aliphatic heterocycles. The zero-order valence-corrected chi connectivity index (χ0v) is 10.9. The van der Waals surface area contributed by atoms with E-state index in [9.17, 15) is 8.76 Å². The molecule has 0 aromatic carbocycles. The summed E-state index contributed by atoms with van der Waals surface area (Å²) in [5.41, 5.74) is 0. The summed E-state index contributed by atoms with van der Waals surface area (Å²) >= 11 is 7.23. The summed E-state index contributed by atoms with van der Waals surface area (Å²) in [5, 5.41) is 0. The summed E-state index contributed by atoms with van der Waals surface area (Å²) in [7, 11) is -3.76. The summed E-state index contributed by atoms with van der Waals surface area (Å²) in [6, 6.07) is 0. The molecule has 0 N–H and O–H groups in total. The first-order valence-electron chi connectivity index (χ1n) is 0.833. The third kappa shape index (κ3) is 15.9. The molecule has 0 saturated carbocycles. The molecule has 0 heterocycles. The molecule has 8 heavy (non-hydrogen) atoms. The maximum Gasteiger partial charge on any atom is 1.00 e. The van der Waals surface area contributed by atoms with Crippen LogP contribution in [0.3, 0.4) is 0 Å². The van der Waals surface area contributed by atoms with Crippen LogP contribution in [0.4, 0.5) is 0 Å². The van der Waals surface area contributed by atoms with E-state index in [1.165, 1.54) is 0 Å². The van der Waals surface area contributed by atoms with E-state index >= 15 is 0 Å². The van der Waals surface area contributed by atoms with Gasteiger partial charge in [-0.25, -0.2) is 4.21 Å². The van der Waals surface area contributed by atoms with Crippen LogP contribution in [0.5, 0.6) is 0 Å². The largest absolute Gasteiger partial charge is 1.00 e. The second-order valence-corrected chi connectivity index (χ2v) is 3.06. The van der Waals surface area contributed by atoms with Gasteiger partial charge in [-0.2, -0.15) is 0 Å². The van der Waals surface area contributed by atoms with Crippen molar-refractivity contribution in [1.29, 1.82) is 0 Å². The first-order valence-corrected chi connectivity index (χ1v) is 3.50. The van der Waals surface area contributed by atoms with Gasteiger partial charge < -0.3 is 21.1 Å². The SMILES string of the molecule is O=S([O-])(=S)O[S-].[Na+].[Na+]. The van der Waals surface area contributed by atoms with Gasteiger partial charge in [0.05, 0.1) is 9.05 Å². The minimum atomic E-state index is -3.76. The Morgan fingerprint density at radius 3 is 1.75 bits per heavy atom. The van der Waals surface area contributed by atoms with Gasteiger partial charge in [0.1, 0.15) is 0 Å². The predicted molar refractivity (Wildman–Crippen MR) is 24.7 cm³/mol. The molecule has 0 fully saturated rings. The van der Waals surface area contributed by atoms with E-state index in [1.54, 1.807) is 0 Å². The first kappa shape index (κ1) is 16.9. The third-order valence-electron chi connectivity index (χ3n) is 0.0833. The average Bonchev–Trinajstić information content (AvgIpc) is 1.35. The molecule has 0 aliphatic rings. The molecule has 0 bridgehead atoms. The standard InChI is InChI=1S/2Na.H2O3S3/c;;1-6(2,5)3-4/h;;4H,(H,1,2,5)/q2*+1;/p-2. The molecule has 0 aromatic rings. The van der Waals surface area contributed by atoms with Crippen LogP contribution in [0.2, 0.25) is 0 Å². The Balaban J connectivity index is -0.000000125. The van der Waals surface area contributed by atoms with Gasteiger partial charge in [-0.3, -0.25) is 0 Å². The molecule has 0 radical (unpaired) electrons. The number of rotatable bonds is 1. The van der Waals surface area contributed by atoms with E-state index in [1.807, 2.05) is 0 Å². The Kier molecular flexibility index (Phi) is 16.4. The Morgan fingerprint density at radius 2 is 1.75 bits per heavy atom. The quantitative estimate of drug-likeness (QED) is 0.304. The molecule has 1 unspecified atom stereocenters. The normalized spacial score (nSPS) is 14.8. The van der Waals surface area contributed by atoms with Gasteiger partial charge in [-0.05, 0) is 11.2 Å². The third-order valence-corrected chi connectivity index (χ3v) is 1.25. The Bertz CT molecular complexity index is 114. The van der Waals surface area contributed by atoms with Crippen LogP contribution in [0.25, 0.3) is 0 Å². The topological polar surface area (TPSA) is 49.4 Å². The Hall–Kier alpha value is 2.64. The van der Waals surface area contributed by atoms with E-state index in [4.69, 9.17) is 0 Å². The summed E-state index contributed by atoms with van der Waals surface area (Å²) in [5.74, 6) is 0. The smallest absolute Gasteiger partial charge is 0.750 e. The van der Waals surface area contributed by atoms with Gasteiger partial charge in [-0.15, -0.1) is 0 Å². The van der Waals surface area contributed by atoms with Crippen molar-refractivity contribution in [3.63, 3.8) is 0 Å². The molecule has 3 nitrogen and oxygen atoms in total. The van der Waals surface area contributed by atoms with E-state index in [2.05, 4.69) is 27.7 Å². The van der Waals surface area contributed by atoms with Crippen LogP contribution in [0.1, 0.15) is 0 Å². The maximum atomic E-state index is 9.49. The van der Waals surface area contributed by atoms with E-state index in [-0.39, 0.29) is 59.1 Å². The van der Waals surface area contributed by atoms with Gasteiger partial charge >= 0.3 is 59.1 Å². The maximum absolute atomic E-state index is 9.49. The second-order valence-electron chi connectivity index (χ2n) is 0.476. The minimum absolute atomic E-state index is 0. The van der Waals surface area contributed by atoms with Gasteiger partial charge in [-0.1, -0.05) is 0 Å². The molecule has 0 aliphatic carbocycles. The van der Waals surface area contributed by atoms with E-state index in [0.717, 1.165) is 0 Å². The van der Waals surface area contributed by atoms with Crippen molar-refractivity contribution in [2.75, 3.05) is 0 Å². The minimum Gasteiger partial charge on any atom is -0.750 e. The van der Waals surface area contributed by atoms with Crippen molar-refractivity contribution < 1.29 is 71.5 Å². The van der Waals surface area contributed by atoms with Crippen LogP contribution in [-0.4, -0.2) is 8.76 Å².